The van der Waals surface area contributed by atoms with Crippen LogP contribution in [0.4, 0.5) is 9.18 Å². The molecule has 0 bridgehead atoms. The summed E-state index contributed by atoms with van der Waals surface area (Å²) in [7, 11) is 0. The Morgan fingerprint density at radius 2 is 2.03 bits per heavy atom. The van der Waals surface area contributed by atoms with E-state index in [2.05, 4.69) is 11.0 Å². The molecule has 0 spiro atoms. The van der Waals surface area contributed by atoms with Crippen LogP contribution in [0.15, 0.2) is 12.1 Å². The number of fused-ring (bicyclic) bond motifs is 1. The molecule has 3 aliphatic rings. The number of amides is 1. The Hall–Kier alpha value is -2.17. The van der Waals surface area contributed by atoms with Crippen molar-refractivity contribution < 1.29 is 18.7 Å². The molecular weight excluding hydrogens is 373 g/mol. The largest absolute Gasteiger partial charge is 0.444 e. The normalized spacial score (nSPS) is 25.3. The van der Waals surface area contributed by atoms with Gasteiger partial charge in [-0.3, -0.25) is 4.90 Å². The number of hydrogen-bond donors (Lipinski definition) is 0. The van der Waals surface area contributed by atoms with Crippen LogP contribution in [0.25, 0.3) is 0 Å². The fraction of sp³-hybridized carbons (Fsp3) is 0.636. The van der Waals surface area contributed by atoms with Crippen molar-refractivity contribution in [3.8, 4) is 6.07 Å². The lowest BCUT2D eigenvalue weighted by Gasteiger charge is -2.46. The monoisotopic (exact) mass is 401 g/mol. The lowest BCUT2D eigenvalue weighted by molar-refractivity contribution is -0.0909. The Bertz CT molecular complexity index is 841. The number of ether oxygens (including phenoxy) is 2. The van der Waals surface area contributed by atoms with E-state index in [1.807, 2.05) is 20.8 Å². The smallest absolute Gasteiger partial charge is 0.410 e. The lowest BCUT2D eigenvalue weighted by Crippen LogP contribution is -2.60. The maximum Gasteiger partial charge on any atom is 0.410 e. The quantitative estimate of drug-likeness (QED) is 0.758. The molecular formula is C22H28FN3O3. The van der Waals surface area contributed by atoms with E-state index in [0.717, 1.165) is 30.5 Å². The number of hydrogen-bond acceptors (Lipinski definition) is 5. The van der Waals surface area contributed by atoms with E-state index >= 15 is 0 Å². The van der Waals surface area contributed by atoms with Crippen molar-refractivity contribution in [2.24, 2.45) is 0 Å². The third-order valence-electron chi connectivity index (χ3n) is 5.82. The van der Waals surface area contributed by atoms with Gasteiger partial charge in [-0.2, -0.15) is 5.26 Å². The molecule has 1 saturated carbocycles. The molecule has 7 heteroatoms. The summed E-state index contributed by atoms with van der Waals surface area (Å²) in [5.41, 5.74) is 1.44. The van der Waals surface area contributed by atoms with E-state index in [0.29, 0.717) is 26.2 Å². The van der Waals surface area contributed by atoms with E-state index in [1.165, 1.54) is 6.07 Å². The SMILES string of the molecule is CC(C)(C)OC(=O)N1CCN2CC(c3ccc(F)c(C#N)c3C3CC3)OCC2C1. The third kappa shape index (κ3) is 4.24. The summed E-state index contributed by atoms with van der Waals surface area (Å²) in [5, 5.41) is 9.46. The number of morpholine rings is 1. The second-order valence-corrected chi connectivity index (χ2v) is 9.21. The average Bonchev–Trinajstić information content (AvgIpc) is 3.50. The Balaban J connectivity index is 1.46. The Labute approximate surface area is 171 Å². The first-order valence-electron chi connectivity index (χ1n) is 10.3. The molecule has 2 heterocycles. The second kappa shape index (κ2) is 7.58. The van der Waals surface area contributed by atoms with Gasteiger partial charge in [0, 0.05) is 26.2 Å². The fourth-order valence-electron chi connectivity index (χ4n) is 4.28. The summed E-state index contributed by atoms with van der Waals surface area (Å²) in [6.45, 7) is 8.71. The zero-order valence-electron chi connectivity index (χ0n) is 17.3. The number of carbonyl (C=O) groups excluding carboxylic acids is 1. The highest BCUT2D eigenvalue weighted by atomic mass is 19.1. The van der Waals surface area contributed by atoms with E-state index < -0.39 is 11.4 Å². The van der Waals surface area contributed by atoms with Gasteiger partial charge in [0.15, 0.2) is 0 Å². The lowest BCUT2D eigenvalue weighted by atomic mass is 9.92. The maximum atomic E-state index is 14.2. The van der Waals surface area contributed by atoms with Crippen molar-refractivity contribution in [2.75, 3.05) is 32.8 Å². The van der Waals surface area contributed by atoms with Crippen LogP contribution in [0, 0.1) is 17.1 Å². The molecule has 4 rings (SSSR count). The molecule has 2 unspecified atom stereocenters. The van der Waals surface area contributed by atoms with E-state index in [1.54, 1.807) is 11.0 Å². The van der Waals surface area contributed by atoms with Crippen LogP contribution in [0.1, 0.15) is 62.3 Å². The second-order valence-electron chi connectivity index (χ2n) is 9.21. The number of piperazine rings is 1. The summed E-state index contributed by atoms with van der Waals surface area (Å²) in [6.07, 6.45) is 1.53. The third-order valence-corrected chi connectivity index (χ3v) is 5.82. The van der Waals surface area contributed by atoms with Crippen LogP contribution in [-0.4, -0.2) is 60.3 Å². The number of carbonyl (C=O) groups is 1. The average molecular weight is 401 g/mol. The molecule has 0 aromatic heterocycles. The van der Waals surface area contributed by atoms with Gasteiger partial charge in [0.2, 0.25) is 0 Å². The van der Waals surface area contributed by atoms with Crippen LogP contribution < -0.4 is 0 Å². The van der Waals surface area contributed by atoms with Crippen LogP contribution in [-0.2, 0) is 9.47 Å². The Morgan fingerprint density at radius 1 is 1.28 bits per heavy atom. The highest BCUT2D eigenvalue weighted by Crippen LogP contribution is 2.46. The van der Waals surface area contributed by atoms with Crippen molar-refractivity contribution in [2.45, 2.75) is 57.3 Å². The maximum absolute atomic E-state index is 14.2. The molecule has 0 N–H and O–H groups in total. The van der Waals surface area contributed by atoms with Gasteiger partial charge in [0.05, 0.1) is 24.3 Å². The molecule has 1 aromatic carbocycles. The van der Waals surface area contributed by atoms with Crippen LogP contribution in [0.5, 0.6) is 0 Å². The predicted molar refractivity (Wildman–Crippen MR) is 105 cm³/mol. The zero-order valence-corrected chi connectivity index (χ0v) is 17.3. The van der Waals surface area contributed by atoms with Crippen molar-refractivity contribution in [3.05, 3.63) is 34.6 Å². The molecule has 2 aliphatic heterocycles. The fourth-order valence-corrected chi connectivity index (χ4v) is 4.28. The number of nitriles is 1. The van der Waals surface area contributed by atoms with Crippen LogP contribution in [0.2, 0.25) is 0 Å². The summed E-state index contributed by atoms with van der Waals surface area (Å²) >= 11 is 0. The number of nitrogens with zero attached hydrogens (tertiary/aromatic N) is 3. The highest BCUT2D eigenvalue weighted by molar-refractivity contribution is 5.68. The summed E-state index contributed by atoms with van der Waals surface area (Å²) in [5.74, 6) is -0.182. The summed E-state index contributed by atoms with van der Waals surface area (Å²) < 4.78 is 25.8. The van der Waals surface area contributed by atoms with E-state index in [9.17, 15) is 14.4 Å². The molecule has 6 nitrogen and oxygen atoms in total. The van der Waals surface area contributed by atoms with Gasteiger partial charge >= 0.3 is 6.09 Å². The van der Waals surface area contributed by atoms with Gasteiger partial charge in [-0.15, -0.1) is 0 Å². The minimum absolute atomic E-state index is 0.118. The van der Waals surface area contributed by atoms with Crippen LogP contribution in [0.3, 0.4) is 0 Å². The molecule has 29 heavy (non-hydrogen) atoms. The topological polar surface area (TPSA) is 65.8 Å². The first kappa shape index (κ1) is 20.1. The minimum Gasteiger partial charge on any atom is -0.444 e. The number of halogens is 1. The standard InChI is InChI=1S/C22H28FN3O3/c1-22(2,3)29-21(27)26-9-8-25-12-19(28-13-15(25)11-26)16-6-7-18(23)17(10-24)20(16)14-4-5-14/h6-7,14-15,19H,4-5,8-9,11-13H2,1-3H3. The first-order chi connectivity index (χ1) is 13.8. The van der Waals surface area contributed by atoms with Gasteiger partial charge in [0.1, 0.15) is 17.5 Å². The number of rotatable bonds is 2. The number of benzene rings is 1. The Morgan fingerprint density at radius 3 is 2.69 bits per heavy atom. The molecule has 2 atom stereocenters. The van der Waals surface area contributed by atoms with E-state index in [4.69, 9.17) is 9.47 Å². The van der Waals surface area contributed by atoms with Crippen molar-refractivity contribution in [1.82, 2.24) is 9.80 Å². The Kier molecular flexibility index (Phi) is 5.26. The van der Waals surface area contributed by atoms with Gasteiger partial charge in [-0.05, 0) is 56.7 Å². The molecule has 2 saturated heterocycles. The van der Waals surface area contributed by atoms with Gasteiger partial charge in [-0.25, -0.2) is 9.18 Å². The highest BCUT2D eigenvalue weighted by Gasteiger charge is 2.39. The van der Waals surface area contributed by atoms with Crippen molar-refractivity contribution in [1.29, 1.82) is 5.26 Å². The molecule has 1 aromatic rings. The molecule has 156 valence electrons. The molecule has 3 fully saturated rings. The van der Waals surface area contributed by atoms with Gasteiger partial charge in [0.25, 0.3) is 0 Å². The van der Waals surface area contributed by atoms with Crippen molar-refractivity contribution in [3.63, 3.8) is 0 Å². The minimum atomic E-state index is -0.511. The molecule has 1 aliphatic carbocycles. The summed E-state index contributed by atoms with van der Waals surface area (Å²) in [4.78, 5) is 16.5. The first-order valence-corrected chi connectivity index (χ1v) is 10.3. The van der Waals surface area contributed by atoms with E-state index in [-0.39, 0.29) is 29.7 Å². The van der Waals surface area contributed by atoms with Crippen molar-refractivity contribution >= 4 is 6.09 Å². The van der Waals surface area contributed by atoms with Crippen LogP contribution >= 0.6 is 0 Å². The summed E-state index contributed by atoms with van der Waals surface area (Å²) in [6, 6.07) is 5.34. The zero-order chi connectivity index (χ0) is 20.8. The van der Waals surface area contributed by atoms with Gasteiger partial charge in [-0.1, -0.05) is 6.07 Å². The van der Waals surface area contributed by atoms with Gasteiger partial charge < -0.3 is 14.4 Å². The molecule has 1 amide bonds. The molecule has 0 radical (unpaired) electrons. The predicted octanol–water partition coefficient (Wildman–Crippen LogP) is 3.57.